The third kappa shape index (κ3) is 5.58. The number of pyridine rings is 1. The number of amides is 1. The van der Waals surface area contributed by atoms with Crippen LogP contribution in [-0.4, -0.2) is 86.1 Å². The number of morpholine rings is 1. The van der Waals surface area contributed by atoms with Gasteiger partial charge in [-0.25, -0.2) is 19.3 Å². The maximum atomic E-state index is 14.9. The topological polar surface area (TPSA) is 131 Å². The Labute approximate surface area is 203 Å². The smallest absolute Gasteiger partial charge is 0.252 e. The van der Waals surface area contributed by atoms with Crippen molar-refractivity contribution in [2.75, 3.05) is 38.2 Å². The molecule has 4 heterocycles. The highest BCUT2D eigenvalue weighted by atomic mass is 19.1. The van der Waals surface area contributed by atoms with E-state index in [2.05, 4.69) is 32.1 Å². The first kappa shape index (κ1) is 25.0. The number of ether oxygens (including phenoxy) is 1. The van der Waals surface area contributed by atoms with E-state index >= 15 is 0 Å². The van der Waals surface area contributed by atoms with Gasteiger partial charge in [-0.15, -0.1) is 0 Å². The Bertz CT molecular complexity index is 1190. The predicted octanol–water partition coefficient (Wildman–Crippen LogP) is 1.70. The first-order valence-electron chi connectivity index (χ1n) is 11.7. The molecule has 1 saturated heterocycles. The van der Waals surface area contributed by atoms with Gasteiger partial charge in [-0.2, -0.15) is 0 Å². The lowest BCUT2D eigenvalue weighted by Crippen LogP contribution is -2.45. The molecule has 4 rings (SSSR count). The van der Waals surface area contributed by atoms with Crippen LogP contribution in [0.1, 0.15) is 36.8 Å². The SMILES string of the molecule is CC(CNc1cc(-n2ccc3cncnc32)nc(C[C@@H](F)C(C)(C)O)c1C(N)=O)N1CCOCC1. The van der Waals surface area contributed by atoms with Crippen LogP contribution in [0.15, 0.2) is 30.9 Å². The zero-order valence-electron chi connectivity index (χ0n) is 20.2. The van der Waals surface area contributed by atoms with Gasteiger partial charge in [-0.1, -0.05) is 0 Å². The molecule has 0 aromatic carbocycles. The fourth-order valence-corrected chi connectivity index (χ4v) is 4.16. The Balaban J connectivity index is 1.75. The van der Waals surface area contributed by atoms with Crippen LogP contribution < -0.4 is 11.1 Å². The molecule has 0 aliphatic carbocycles. The van der Waals surface area contributed by atoms with E-state index in [1.54, 1.807) is 23.0 Å². The normalized spacial score (nSPS) is 16.8. The van der Waals surface area contributed by atoms with Crippen molar-refractivity contribution in [2.24, 2.45) is 5.73 Å². The Hall–Kier alpha value is -3.15. The molecule has 1 amide bonds. The molecule has 11 heteroatoms. The molecule has 1 fully saturated rings. The summed E-state index contributed by atoms with van der Waals surface area (Å²) < 4.78 is 22.1. The molecule has 1 unspecified atom stereocenters. The van der Waals surface area contributed by atoms with E-state index in [0.29, 0.717) is 36.9 Å². The van der Waals surface area contributed by atoms with Crippen LogP contribution in [0.5, 0.6) is 0 Å². The van der Waals surface area contributed by atoms with Crippen LogP contribution in [0.25, 0.3) is 16.9 Å². The fraction of sp³-hybridized carbons (Fsp3) is 0.500. The van der Waals surface area contributed by atoms with E-state index < -0.39 is 17.7 Å². The Morgan fingerprint density at radius 1 is 1.37 bits per heavy atom. The monoisotopic (exact) mass is 485 g/mol. The van der Waals surface area contributed by atoms with Crippen molar-refractivity contribution in [1.29, 1.82) is 0 Å². The van der Waals surface area contributed by atoms with Crippen molar-refractivity contribution in [3.8, 4) is 5.82 Å². The number of nitrogens with zero attached hydrogens (tertiary/aromatic N) is 5. The van der Waals surface area contributed by atoms with Crippen molar-refractivity contribution < 1.29 is 19.0 Å². The lowest BCUT2D eigenvalue weighted by atomic mass is 9.96. The number of hydrogen-bond acceptors (Lipinski definition) is 8. The van der Waals surface area contributed by atoms with Gasteiger partial charge >= 0.3 is 0 Å². The number of rotatable bonds is 9. The summed E-state index contributed by atoms with van der Waals surface area (Å²) in [6, 6.07) is 3.72. The van der Waals surface area contributed by atoms with Crippen LogP contribution in [0, 0.1) is 0 Å². The molecular formula is C24H32FN7O3. The molecule has 188 valence electrons. The number of halogens is 1. The van der Waals surface area contributed by atoms with Crippen molar-refractivity contribution in [2.45, 2.75) is 45.0 Å². The molecule has 0 bridgehead atoms. The molecule has 2 atom stereocenters. The second kappa shape index (κ2) is 10.2. The zero-order chi connectivity index (χ0) is 25.2. The minimum atomic E-state index is -1.66. The summed E-state index contributed by atoms with van der Waals surface area (Å²) >= 11 is 0. The molecule has 3 aromatic heterocycles. The molecule has 1 aliphatic rings. The van der Waals surface area contributed by atoms with Crippen molar-refractivity contribution in [3.63, 3.8) is 0 Å². The highest BCUT2D eigenvalue weighted by Gasteiger charge is 2.30. The number of aromatic nitrogens is 4. The lowest BCUT2D eigenvalue weighted by molar-refractivity contribution is -0.00307. The van der Waals surface area contributed by atoms with Crippen molar-refractivity contribution >= 4 is 22.6 Å². The number of carbonyl (C=O) groups excluding carboxylic acids is 1. The summed E-state index contributed by atoms with van der Waals surface area (Å²) in [5.74, 6) is -0.272. The summed E-state index contributed by atoms with van der Waals surface area (Å²) in [5, 5.41) is 14.3. The quantitative estimate of drug-likeness (QED) is 0.417. The average Bonchev–Trinajstić information content (AvgIpc) is 3.26. The van der Waals surface area contributed by atoms with Crippen LogP contribution in [0.3, 0.4) is 0 Å². The average molecular weight is 486 g/mol. The van der Waals surface area contributed by atoms with Gasteiger partial charge in [0.1, 0.15) is 24.0 Å². The van der Waals surface area contributed by atoms with Gasteiger partial charge in [0.2, 0.25) is 0 Å². The van der Waals surface area contributed by atoms with Gasteiger partial charge in [0.05, 0.1) is 35.8 Å². The van der Waals surface area contributed by atoms with Crippen molar-refractivity contribution in [3.05, 3.63) is 42.1 Å². The van der Waals surface area contributed by atoms with Gasteiger partial charge in [0, 0.05) is 55.9 Å². The molecule has 0 radical (unpaired) electrons. The van der Waals surface area contributed by atoms with Crippen LogP contribution in [0.2, 0.25) is 0 Å². The van der Waals surface area contributed by atoms with Crippen molar-refractivity contribution in [1.82, 2.24) is 24.4 Å². The Kier molecular flexibility index (Phi) is 7.29. The number of aliphatic hydroxyl groups is 1. The third-order valence-electron chi connectivity index (χ3n) is 6.32. The van der Waals surface area contributed by atoms with Gasteiger partial charge < -0.3 is 20.9 Å². The summed E-state index contributed by atoms with van der Waals surface area (Å²) in [4.78, 5) is 27.8. The number of nitrogens with two attached hydrogens (primary N) is 1. The molecule has 4 N–H and O–H groups in total. The van der Waals surface area contributed by atoms with E-state index in [-0.39, 0.29) is 23.7 Å². The number of fused-ring (bicyclic) bond motifs is 1. The summed E-state index contributed by atoms with van der Waals surface area (Å²) in [6.07, 6.45) is 2.97. The second-order valence-corrected chi connectivity index (χ2v) is 9.40. The van der Waals surface area contributed by atoms with Gasteiger partial charge in [0.25, 0.3) is 5.91 Å². The highest BCUT2D eigenvalue weighted by Crippen LogP contribution is 2.28. The maximum absolute atomic E-state index is 14.9. The number of nitrogens with one attached hydrogen (secondary N) is 1. The molecule has 0 saturated carbocycles. The Morgan fingerprint density at radius 2 is 2.11 bits per heavy atom. The highest BCUT2D eigenvalue weighted by molar-refractivity contribution is 6.00. The van der Waals surface area contributed by atoms with E-state index in [4.69, 9.17) is 10.5 Å². The summed E-state index contributed by atoms with van der Waals surface area (Å²) in [6.45, 7) is 8.38. The number of carbonyl (C=O) groups is 1. The van der Waals surface area contributed by atoms with Gasteiger partial charge in [-0.05, 0) is 26.8 Å². The molecule has 1 aliphatic heterocycles. The minimum absolute atomic E-state index is 0.112. The first-order valence-corrected chi connectivity index (χ1v) is 11.7. The van der Waals surface area contributed by atoms with E-state index in [0.717, 1.165) is 18.5 Å². The number of anilines is 1. The molecule has 10 nitrogen and oxygen atoms in total. The number of primary amides is 1. The number of alkyl halides is 1. The maximum Gasteiger partial charge on any atom is 0.252 e. The molecular weight excluding hydrogens is 453 g/mol. The molecule has 35 heavy (non-hydrogen) atoms. The molecule has 0 spiro atoms. The minimum Gasteiger partial charge on any atom is -0.387 e. The van der Waals surface area contributed by atoms with Crippen LogP contribution in [-0.2, 0) is 11.2 Å². The predicted molar refractivity (Wildman–Crippen MR) is 130 cm³/mol. The fourth-order valence-electron chi connectivity index (χ4n) is 4.16. The van der Waals surface area contributed by atoms with Gasteiger partial charge in [0.15, 0.2) is 0 Å². The van der Waals surface area contributed by atoms with Crippen LogP contribution >= 0.6 is 0 Å². The second-order valence-electron chi connectivity index (χ2n) is 9.40. The summed E-state index contributed by atoms with van der Waals surface area (Å²) in [5.41, 5.74) is 5.50. The van der Waals surface area contributed by atoms with E-state index in [1.807, 2.05) is 6.07 Å². The zero-order valence-corrected chi connectivity index (χ0v) is 20.2. The van der Waals surface area contributed by atoms with Gasteiger partial charge in [-0.3, -0.25) is 14.3 Å². The molecule has 3 aromatic rings. The van der Waals surface area contributed by atoms with Crippen LogP contribution in [0.4, 0.5) is 10.1 Å². The largest absolute Gasteiger partial charge is 0.387 e. The lowest BCUT2D eigenvalue weighted by Gasteiger charge is -2.32. The summed E-state index contributed by atoms with van der Waals surface area (Å²) in [7, 11) is 0. The number of hydrogen-bond donors (Lipinski definition) is 3. The van der Waals surface area contributed by atoms with E-state index in [1.165, 1.54) is 20.2 Å². The standard InChI is InChI=1S/C24H32FN7O3/c1-15(31-6-8-35-9-7-31)12-28-17-11-20(32-5-4-16-13-27-14-29-23(16)32)30-18(21(17)22(26)33)10-19(25)24(2,3)34/h4-5,11,13-15,19,34H,6-10,12H2,1-3H3,(H2,26,33)(H,28,30)/t15?,19-/m1/s1. The third-order valence-corrected chi connectivity index (χ3v) is 6.32. The van der Waals surface area contributed by atoms with E-state index in [9.17, 15) is 14.3 Å². The Morgan fingerprint density at radius 3 is 2.80 bits per heavy atom. The first-order chi connectivity index (χ1) is 16.6.